The van der Waals surface area contributed by atoms with E-state index in [2.05, 4.69) is 25.4 Å². The minimum atomic E-state index is -0.810. The van der Waals surface area contributed by atoms with Crippen molar-refractivity contribution < 1.29 is 19.0 Å². The Hall–Kier alpha value is -3.33. The second-order valence-corrected chi connectivity index (χ2v) is 11.4. The molecule has 1 unspecified atom stereocenters. The van der Waals surface area contributed by atoms with Crippen LogP contribution in [-0.4, -0.2) is 30.9 Å². The van der Waals surface area contributed by atoms with Crippen molar-refractivity contribution in [3.05, 3.63) is 101 Å². The van der Waals surface area contributed by atoms with E-state index in [0.29, 0.717) is 60.2 Å². The van der Waals surface area contributed by atoms with E-state index in [1.54, 1.807) is 50.4 Å². The van der Waals surface area contributed by atoms with Gasteiger partial charge in [-0.05, 0) is 60.7 Å². The van der Waals surface area contributed by atoms with Crippen LogP contribution in [0.25, 0.3) is 6.08 Å². The van der Waals surface area contributed by atoms with Crippen molar-refractivity contribution in [3.8, 4) is 11.5 Å². The summed E-state index contributed by atoms with van der Waals surface area (Å²) >= 11 is 13.6. The zero-order chi connectivity index (χ0) is 29.0. The lowest BCUT2D eigenvalue weighted by Crippen LogP contribution is -2.40. The predicted octanol–water partition coefficient (Wildman–Crippen LogP) is 5.70. The second-order valence-electron chi connectivity index (χ2n) is 9.58. The summed E-state index contributed by atoms with van der Waals surface area (Å²) in [5.41, 5.74) is 1.66. The van der Waals surface area contributed by atoms with Crippen molar-refractivity contribution >= 4 is 46.6 Å². The summed E-state index contributed by atoms with van der Waals surface area (Å²) in [4.78, 5) is 32.2. The van der Waals surface area contributed by atoms with Crippen LogP contribution in [0.3, 0.4) is 0 Å². The summed E-state index contributed by atoms with van der Waals surface area (Å²) in [6, 6.07) is 9.65. The fourth-order valence-corrected chi connectivity index (χ4v) is 5.75. The molecule has 0 saturated heterocycles. The number of fused-ring (bicyclic) bond motifs is 1. The molecule has 1 aliphatic heterocycles. The third-order valence-corrected chi connectivity index (χ3v) is 7.82. The van der Waals surface area contributed by atoms with Gasteiger partial charge in [0.2, 0.25) is 0 Å². The number of methoxy groups -OCH3 is 1. The number of allylic oxidation sites excluding steroid dienone is 1. The number of thiazole rings is 1. The highest BCUT2D eigenvalue weighted by Crippen LogP contribution is 2.36. The molecule has 0 spiro atoms. The van der Waals surface area contributed by atoms with E-state index >= 15 is 0 Å². The number of nitrogens with zero attached hydrogens (tertiary/aromatic N) is 2. The lowest BCUT2D eigenvalue weighted by molar-refractivity contribution is -0.138. The fourth-order valence-electron chi connectivity index (χ4n) is 4.25. The molecule has 0 bridgehead atoms. The van der Waals surface area contributed by atoms with Gasteiger partial charge in [0.05, 0.1) is 35.6 Å². The van der Waals surface area contributed by atoms with Gasteiger partial charge in [-0.2, -0.15) is 0 Å². The van der Waals surface area contributed by atoms with Crippen LogP contribution in [0.1, 0.15) is 44.4 Å². The molecule has 1 aromatic heterocycles. The Morgan fingerprint density at radius 1 is 1.20 bits per heavy atom. The molecule has 210 valence electrons. The Kier molecular flexibility index (Phi) is 9.56. The van der Waals surface area contributed by atoms with Gasteiger partial charge in [0.25, 0.3) is 5.56 Å². The molecule has 40 heavy (non-hydrogen) atoms. The molecule has 0 fully saturated rings. The maximum atomic E-state index is 13.9. The molecule has 0 aliphatic carbocycles. The van der Waals surface area contributed by atoms with Crippen LogP contribution < -0.4 is 24.4 Å². The quantitative estimate of drug-likeness (QED) is 0.220. The Bertz CT molecular complexity index is 1660. The molecular weight excluding hydrogens is 571 g/mol. The molecular formula is C30H30Cl2N2O5S. The van der Waals surface area contributed by atoms with Crippen molar-refractivity contribution in [1.29, 1.82) is 0 Å². The normalized spacial score (nSPS) is 15.1. The third-order valence-electron chi connectivity index (χ3n) is 6.28. The summed E-state index contributed by atoms with van der Waals surface area (Å²) < 4.78 is 18.9. The molecule has 10 heteroatoms. The van der Waals surface area contributed by atoms with Gasteiger partial charge in [-0.3, -0.25) is 9.36 Å². The fraction of sp³-hybridized carbons (Fsp3) is 0.300. The maximum Gasteiger partial charge on any atom is 0.338 e. The Labute approximate surface area is 246 Å². The van der Waals surface area contributed by atoms with Gasteiger partial charge in [0.1, 0.15) is 6.61 Å². The van der Waals surface area contributed by atoms with Gasteiger partial charge >= 0.3 is 5.97 Å². The van der Waals surface area contributed by atoms with Gasteiger partial charge in [0.15, 0.2) is 16.3 Å². The molecule has 4 rings (SSSR count). The predicted molar refractivity (Wildman–Crippen MR) is 159 cm³/mol. The highest BCUT2D eigenvalue weighted by Gasteiger charge is 2.34. The summed E-state index contributed by atoms with van der Waals surface area (Å²) in [5, 5.41) is 0.907. The van der Waals surface area contributed by atoms with Gasteiger partial charge in [-0.15, -0.1) is 0 Å². The van der Waals surface area contributed by atoms with E-state index in [1.165, 1.54) is 22.0 Å². The van der Waals surface area contributed by atoms with Crippen LogP contribution in [0, 0.1) is 5.92 Å². The molecule has 0 saturated carbocycles. The van der Waals surface area contributed by atoms with Crippen LogP contribution >= 0.6 is 34.5 Å². The maximum absolute atomic E-state index is 13.9. The number of hydrogen-bond donors (Lipinski definition) is 0. The number of halogens is 2. The molecule has 2 heterocycles. The van der Waals surface area contributed by atoms with Crippen LogP contribution in [-0.2, 0) is 9.53 Å². The van der Waals surface area contributed by atoms with Gasteiger partial charge < -0.3 is 14.2 Å². The van der Waals surface area contributed by atoms with Gasteiger partial charge in [0, 0.05) is 10.0 Å². The standard InChI is InChI=1S/C30H30Cl2N2O5S/c1-6-12-39-29(36)26-18(4)33-30-34(28(35)25(40-30)15-19-7-9-21(31)16-22(19)32)27(26)20-8-10-23(24(14-20)37-5)38-13-11-17(2)3/h6-10,14-17,27H,1,11-13H2,2-5H3/b25-15-. The number of carbonyl (C=O) groups excluding carboxylic acids is 1. The molecule has 0 amide bonds. The van der Waals surface area contributed by atoms with Crippen molar-refractivity contribution in [2.75, 3.05) is 20.3 Å². The molecule has 2 aromatic carbocycles. The van der Waals surface area contributed by atoms with Crippen molar-refractivity contribution in [1.82, 2.24) is 4.57 Å². The zero-order valence-corrected chi connectivity index (χ0v) is 25.0. The largest absolute Gasteiger partial charge is 0.493 e. The molecule has 3 aromatic rings. The summed E-state index contributed by atoms with van der Waals surface area (Å²) in [6.45, 7) is 10.2. The molecule has 0 radical (unpaired) electrons. The molecule has 7 nitrogen and oxygen atoms in total. The Balaban J connectivity index is 1.88. The average Bonchev–Trinajstić information content (AvgIpc) is 3.22. The Morgan fingerprint density at radius 2 is 1.98 bits per heavy atom. The minimum absolute atomic E-state index is 0.0216. The van der Waals surface area contributed by atoms with E-state index in [4.69, 9.17) is 37.4 Å². The van der Waals surface area contributed by atoms with E-state index in [9.17, 15) is 9.59 Å². The summed E-state index contributed by atoms with van der Waals surface area (Å²) in [7, 11) is 1.55. The van der Waals surface area contributed by atoms with E-state index in [-0.39, 0.29) is 17.7 Å². The highest BCUT2D eigenvalue weighted by atomic mass is 35.5. The van der Waals surface area contributed by atoms with Crippen LogP contribution in [0.2, 0.25) is 10.0 Å². The minimum Gasteiger partial charge on any atom is -0.493 e. The first-order valence-electron chi connectivity index (χ1n) is 12.7. The van der Waals surface area contributed by atoms with Crippen LogP contribution in [0.4, 0.5) is 0 Å². The van der Waals surface area contributed by atoms with Gasteiger partial charge in [-0.25, -0.2) is 9.79 Å². The molecule has 1 atom stereocenters. The number of ether oxygens (including phenoxy) is 3. The van der Waals surface area contributed by atoms with E-state index in [0.717, 1.165) is 6.42 Å². The summed E-state index contributed by atoms with van der Waals surface area (Å²) in [5.74, 6) is 0.974. The van der Waals surface area contributed by atoms with Crippen molar-refractivity contribution in [2.24, 2.45) is 10.9 Å². The van der Waals surface area contributed by atoms with Crippen molar-refractivity contribution in [2.45, 2.75) is 33.2 Å². The zero-order valence-electron chi connectivity index (χ0n) is 22.7. The smallest absolute Gasteiger partial charge is 0.338 e. The number of esters is 1. The van der Waals surface area contributed by atoms with Crippen LogP contribution in [0.5, 0.6) is 11.5 Å². The van der Waals surface area contributed by atoms with Gasteiger partial charge in [-0.1, -0.05) is 73.2 Å². The van der Waals surface area contributed by atoms with E-state index in [1.807, 2.05) is 6.07 Å². The number of benzene rings is 2. The van der Waals surface area contributed by atoms with E-state index < -0.39 is 12.0 Å². The first kappa shape index (κ1) is 29.6. The molecule has 0 N–H and O–H groups in total. The summed E-state index contributed by atoms with van der Waals surface area (Å²) in [6.07, 6.45) is 4.07. The molecule has 1 aliphatic rings. The monoisotopic (exact) mass is 600 g/mol. The number of aromatic nitrogens is 1. The SMILES string of the molecule is C=CCOC(=O)C1=C(C)N=c2s/c(=C\c3ccc(Cl)cc3Cl)c(=O)n2C1c1ccc(OCCC(C)C)c(OC)c1. The Morgan fingerprint density at radius 3 is 2.65 bits per heavy atom. The second kappa shape index (κ2) is 12.9. The lowest BCUT2D eigenvalue weighted by atomic mass is 9.95. The first-order valence-corrected chi connectivity index (χ1v) is 14.3. The highest BCUT2D eigenvalue weighted by molar-refractivity contribution is 7.07. The number of rotatable bonds is 10. The van der Waals surface area contributed by atoms with Crippen molar-refractivity contribution in [3.63, 3.8) is 0 Å². The van der Waals surface area contributed by atoms with Crippen LogP contribution in [0.15, 0.2) is 70.1 Å². The first-order chi connectivity index (χ1) is 19.1. The number of hydrogen-bond acceptors (Lipinski definition) is 7. The lowest BCUT2D eigenvalue weighted by Gasteiger charge is -2.25. The topological polar surface area (TPSA) is 79.1 Å². The third kappa shape index (κ3) is 6.35. The average molecular weight is 602 g/mol. The number of carbonyl (C=O) groups is 1.